The van der Waals surface area contributed by atoms with Crippen molar-refractivity contribution in [1.29, 1.82) is 0 Å². The van der Waals surface area contributed by atoms with Gasteiger partial charge in [-0.3, -0.25) is 4.31 Å². The highest BCUT2D eigenvalue weighted by molar-refractivity contribution is 7.95. The fourth-order valence-electron chi connectivity index (χ4n) is 2.89. The number of hydrogen-bond acceptors (Lipinski definition) is 3. The lowest BCUT2D eigenvalue weighted by Crippen LogP contribution is -2.36. The largest absolute Gasteiger partial charge is 0.331 e. The number of fused-ring (bicyclic) bond motifs is 1. The second-order valence-corrected chi connectivity index (χ2v) is 7.85. The first-order chi connectivity index (χ1) is 12.0. The zero-order chi connectivity index (χ0) is 18.0. The predicted octanol–water partition coefficient (Wildman–Crippen LogP) is 3.68. The topological polar surface area (TPSA) is 52.6 Å². The number of hydrogen-bond donors (Lipinski definition) is 1. The van der Waals surface area contributed by atoms with Crippen molar-refractivity contribution in [1.82, 2.24) is 5.32 Å². The Labute approximate surface area is 152 Å². The van der Waals surface area contributed by atoms with Crippen molar-refractivity contribution in [2.75, 3.05) is 28.7 Å². The predicted molar refractivity (Wildman–Crippen MR) is 99.4 cm³/mol. The van der Waals surface area contributed by atoms with Crippen LogP contribution >= 0.6 is 11.6 Å². The van der Waals surface area contributed by atoms with Crippen LogP contribution in [0.5, 0.6) is 0 Å². The highest BCUT2D eigenvalue weighted by Gasteiger charge is 2.41. The van der Waals surface area contributed by atoms with Crippen LogP contribution < -0.4 is 13.9 Å². The fraction of sp³-hybridized carbons (Fsp3) is 0.294. The van der Waals surface area contributed by atoms with Crippen LogP contribution in [0.15, 0.2) is 42.5 Å². The molecule has 134 valence electrons. The van der Waals surface area contributed by atoms with Crippen molar-refractivity contribution in [3.8, 4) is 0 Å². The Bertz CT molecular complexity index is 876. The van der Waals surface area contributed by atoms with Gasteiger partial charge in [-0.15, -0.1) is 0 Å². The maximum absolute atomic E-state index is 13.4. The van der Waals surface area contributed by atoms with Crippen LogP contribution in [-0.4, -0.2) is 28.6 Å². The molecule has 2 aromatic rings. The summed E-state index contributed by atoms with van der Waals surface area (Å²) in [5.74, 6) is -0.512. The highest BCUT2D eigenvalue weighted by atomic mass is 35.5. The number of halogens is 2. The monoisotopic (exact) mass is 383 g/mol. The van der Waals surface area contributed by atoms with Gasteiger partial charge < -0.3 is 5.32 Å². The first-order valence-corrected chi connectivity index (χ1v) is 9.76. The summed E-state index contributed by atoms with van der Waals surface area (Å²) < 4.78 is 42.2. The number of para-hydroxylation sites is 2. The lowest BCUT2D eigenvalue weighted by Gasteiger charge is -2.22. The van der Waals surface area contributed by atoms with E-state index in [9.17, 15) is 12.8 Å². The van der Waals surface area contributed by atoms with Crippen molar-refractivity contribution in [2.24, 2.45) is 0 Å². The lowest BCUT2D eigenvalue weighted by atomic mass is 10.2. The van der Waals surface area contributed by atoms with Gasteiger partial charge in [-0.05, 0) is 56.8 Å². The van der Waals surface area contributed by atoms with Crippen molar-refractivity contribution in [3.63, 3.8) is 0 Å². The quantitative estimate of drug-likeness (QED) is 0.774. The van der Waals surface area contributed by atoms with Crippen LogP contribution in [0.4, 0.5) is 21.5 Å². The molecule has 1 aliphatic heterocycles. The first kappa shape index (κ1) is 18.0. The summed E-state index contributed by atoms with van der Waals surface area (Å²) in [6, 6.07) is 10.8. The van der Waals surface area contributed by atoms with Crippen LogP contribution in [0, 0.1) is 5.82 Å². The van der Waals surface area contributed by atoms with Gasteiger partial charge >= 0.3 is 10.2 Å². The normalized spacial score (nSPS) is 15.5. The number of anilines is 3. The van der Waals surface area contributed by atoms with Gasteiger partial charge in [0.15, 0.2) is 0 Å². The number of nitrogens with zero attached hydrogens (tertiary/aromatic N) is 2. The minimum atomic E-state index is -3.82. The standard InChI is InChI=1S/C17H19ClFN3O2S/c1-20-10-4-5-11-21-16-6-2-3-7-17(16)22(25(21,23)24)15-9-8-13(19)12-14(15)18/h2-3,6-9,12,20H,4-5,10-11H2,1H3. The molecule has 0 amide bonds. The average Bonchev–Trinajstić information content (AvgIpc) is 2.79. The Morgan fingerprint density at radius 2 is 1.80 bits per heavy atom. The molecule has 8 heteroatoms. The number of unbranched alkanes of at least 4 members (excludes halogenated alkanes) is 1. The molecule has 25 heavy (non-hydrogen) atoms. The van der Waals surface area contributed by atoms with Crippen LogP contribution in [0.25, 0.3) is 0 Å². The molecule has 1 N–H and O–H groups in total. The van der Waals surface area contributed by atoms with E-state index < -0.39 is 16.0 Å². The molecule has 0 atom stereocenters. The van der Waals surface area contributed by atoms with Crippen molar-refractivity contribution < 1.29 is 12.8 Å². The molecule has 2 aromatic carbocycles. The lowest BCUT2D eigenvalue weighted by molar-refractivity contribution is 0.589. The van der Waals surface area contributed by atoms with Gasteiger partial charge in [0, 0.05) is 6.54 Å². The van der Waals surface area contributed by atoms with E-state index in [1.807, 2.05) is 7.05 Å². The molecular formula is C17H19ClFN3O2S. The molecule has 1 aliphatic rings. The van der Waals surface area contributed by atoms with E-state index in [1.165, 1.54) is 20.7 Å². The van der Waals surface area contributed by atoms with Crippen LogP contribution in [-0.2, 0) is 10.2 Å². The van der Waals surface area contributed by atoms with Crippen molar-refractivity contribution >= 4 is 38.9 Å². The zero-order valence-corrected chi connectivity index (χ0v) is 15.3. The summed E-state index contributed by atoms with van der Waals surface area (Å²) >= 11 is 6.12. The highest BCUT2D eigenvalue weighted by Crippen LogP contribution is 2.47. The van der Waals surface area contributed by atoms with Crippen molar-refractivity contribution in [3.05, 3.63) is 53.3 Å². The summed E-state index contributed by atoms with van der Waals surface area (Å²) in [5.41, 5.74) is 1.37. The minimum Gasteiger partial charge on any atom is -0.320 e. The van der Waals surface area contributed by atoms with Crippen LogP contribution in [0.1, 0.15) is 12.8 Å². The zero-order valence-electron chi connectivity index (χ0n) is 13.7. The van der Waals surface area contributed by atoms with Crippen LogP contribution in [0.2, 0.25) is 5.02 Å². The van der Waals surface area contributed by atoms with E-state index in [-0.39, 0.29) is 10.7 Å². The van der Waals surface area contributed by atoms with Gasteiger partial charge in [0.1, 0.15) is 5.82 Å². The second kappa shape index (κ2) is 7.19. The molecule has 0 aromatic heterocycles. The fourth-order valence-corrected chi connectivity index (χ4v) is 4.96. The van der Waals surface area contributed by atoms with Gasteiger partial charge in [0.25, 0.3) is 0 Å². The summed E-state index contributed by atoms with van der Waals surface area (Å²) in [7, 11) is -1.96. The number of rotatable bonds is 6. The molecular weight excluding hydrogens is 365 g/mol. The summed E-state index contributed by atoms with van der Waals surface area (Å²) in [6.07, 6.45) is 1.58. The van der Waals surface area contributed by atoms with Crippen molar-refractivity contribution in [2.45, 2.75) is 12.8 Å². The SMILES string of the molecule is CNCCCCN1c2ccccc2N(c2ccc(F)cc2Cl)S1(=O)=O. The second-order valence-electron chi connectivity index (χ2n) is 5.74. The van der Waals surface area contributed by atoms with Gasteiger partial charge in [-0.1, -0.05) is 23.7 Å². The molecule has 0 saturated carbocycles. The van der Waals surface area contributed by atoms with E-state index in [2.05, 4.69) is 5.32 Å². The van der Waals surface area contributed by atoms with E-state index in [0.29, 0.717) is 17.9 Å². The molecule has 0 spiro atoms. The Balaban J connectivity index is 2.02. The molecule has 0 saturated heterocycles. The Hall–Kier alpha value is -1.83. The Morgan fingerprint density at radius 3 is 2.48 bits per heavy atom. The van der Waals surface area contributed by atoms with E-state index in [4.69, 9.17) is 11.6 Å². The third kappa shape index (κ3) is 3.31. The summed E-state index contributed by atoms with van der Waals surface area (Å²) in [5, 5.41) is 3.10. The average molecular weight is 384 g/mol. The van der Waals surface area contributed by atoms with E-state index in [1.54, 1.807) is 24.3 Å². The number of nitrogens with one attached hydrogen (secondary N) is 1. The molecule has 0 aliphatic carbocycles. The van der Waals surface area contributed by atoms with Gasteiger partial charge in [0.2, 0.25) is 0 Å². The van der Waals surface area contributed by atoms with Gasteiger partial charge in [-0.25, -0.2) is 8.70 Å². The number of benzene rings is 2. The summed E-state index contributed by atoms with van der Waals surface area (Å²) in [6.45, 7) is 1.19. The maximum atomic E-state index is 13.4. The maximum Gasteiger partial charge on any atom is 0.331 e. The molecule has 5 nitrogen and oxygen atoms in total. The van der Waals surface area contributed by atoms with E-state index in [0.717, 1.165) is 25.5 Å². The smallest absolute Gasteiger partial charge is 0.320 e. The molecule has 1 heterocycles. The summed E-state index contributed by atoms with van der Waals surface area (Å²) in [4.78, 5) is 0. The Morgan fingerprint density at radius 1 is 1.08 bits per heavy atom. The van der Waals surface area contributed by atoms with Gasteiger partial charge in [0.05, 0.1) is 22.1 Å². The van der Waals surface area contributed by atoms with Gasteiger partial charge in [-0.2, -0.15) is 8.42 Å². The third-order valence-electron chi connectivity index (χ3n) is 4.04. The molecule has 3 rings (SSSR count). The third-order valence-corrected chi connectivity index (χ3v) is 6.14. The first-order valence-electron chi connectivity index (χ1n) is 7.98. The molecule has 0 bridgehead atoms. The molecule has 0 radical (unpaired) electrons. The Kier molecular flexibility index (Phi) is 5.17. The van der Waals surface area contributed by atoms with Crippen LogP contribution in [0.3, 0.4) is 0 Å². The van der Waals surface area contributed by atoms with E-state index >= 15 is 0 Å². The molecule has 0 fully saturated rings. The molecule has 0 unspecified atom stereocenters. The minimum absolute atomic E-state index is 0.0513.